The van der Waals surface area contributed by atoms with Gasteiger partial charge in [-0.2, -0.15) is 5.10 Å². The maximum absolute atomic E-state index is 14.5. The van der Waals surface area contributed by atoms with Gasteiger partial charge in [-0.1, -0.05) is 81.4 Å². The number of ether oxygens (including phenoxy) is 1. The van der Waals surface area contributed by atoms with Crippen LogP contribution in [0.25, 0.3) is 16.7 Å². The van der Waals surface area contributed by atoms with Crippen LogP contribution in [0.15, 0.2) is 79.0 Å². The highest BCUT2D eigenvalue weighted by Crippen LogP contribution is 2.43. The van der Waals surface area contributed by atoms with Gasteiger partial charge in [0.2, 0.25) is 0 Å². The number of amides is 2. The Balaban J connectivity index is 1.47. The van der Waals surface area contributed by atoms with Gasteiger partial charge in [0.15, 0.2) is 0 Å². The molecule has 3 heterocycles. The first-order chi connectivity index (χ1) is 21.7. The fourth-order valence-corrected chi connectivity index (χ4v) is 11.5. The third-order valence-electron chi connectivity index (χ3n) is 8.61. The number of halogens is 1. The van der Waals surface area contributed by atoms with Gasteiger partial charge in [-0.15, -0.1) is 0 Å². The summed E-state index contributed by atoms with van der Waals surface area (Å²) in [5, 5.41) is 6.60. The summed E-state index contributed by atoms with van der Waals surface area (Å²) in [5.41, 5.74) is 6.89. The van der Waals surface area contributed by atoms with Crippen LogP contribution in [-0.2, 0) is 9.16 Å². The molecule has 2 atom stereocenters. The second-order valence-electron chi connectivity index (χ2n) is 14.0. The minimum Gasteiger partial charge on any atom is -0.444 e. The van der Waals surface area contributed by atoms with Gasteiger partial charge in [-0.25, -0.2) is 13.7 Å². The van der Waals surface area contributed by atoms with Crippen LogP contribution >= 0.6 is 0 Å². The number of hydrogen-bond acceptors (Lipinski definition) is 5. The first-order valence-electron chi connectivity index (χ1n) is 15.5. The van der Waals surface area contributed by atoms with Crippen LogP contribution < -0.4 is 16.1 Å². The predicted octanol–water partition coefficient (Wildman–Crippen LogP) is 5.68. The predicted molar refractivity (Wildman–Crippen MR) is 178 cm³/mol. The number of nitrogens with two attached hydrogens (primary N) is 1. The van der Waals surface area contributed by atoms with Crippen molar-refractivity contribution in [1.82, 2.24) is 19.5 Å². The minimum absolute atomic E-state index is 0.0132. The number of nitrogens with zero attached hydrogens (tertiary/aromatic N) is 3. The van der Waals surface area contributed by atoms with Crippen LogP contribution in [0.5, 0.6) is 0 Å². The summed E-state index contributed by atoms with van der Waals surface area (Å²) in [6.07, 6.45) is 1.33. The van der Waals surface area contributed by atoms with E-state index in [9.17, 15) is 14.0 Å². The number of likely N-dealkylation sites (tertiary alicyclic amines) is 1. The first kappa shape index (κ1) is 31.5. The molecule has 1 aliphatic rings. The summed E-state index contributed by atoms with van der Waals surface area (Å²) in [5.74, 6) is -1.36. The standard InChI is InChI=1S/C35H40FN5O4Si/c1-34(2,3)44-33(43)40-21-23(45-46(35(4,5)6,24-13-9-7-10-14-24)25-15-11-8-12-16-25)19-29(40)27-20-38-41-30-26(31(37)42)17-22(36)18-28(30)39-32(27)41/h7-18,20,23,29,39H,19,21H2,1-6H3,(H2,37,42). The van der Waals surface area contributed by atoms with Crippen molar-refractivity contribution >= 4 is 47.4 Å². The normalized spacial score (nSPS) is 17.6. The molecule has 6 rings (SSSR count). The molecular weight excluding hydrogens is 602 g/mol. The second-order valence-corrected chi connectivity index (χ2v) is 18.2. The van der Waals surface area contributed by atoms with E-state index >= 15 is 0 Å². The topological polar surface area (TPSA) is 115 Å². The van der Waals surface area contributed by atoms with E-state index in [2.05, 4.69) is 55.1 Å². The molecule has 0 saturated carbocycles. The Kier molecular flexibility index (Phi) is 7.80. The fourth-order valence-electron chi connectivity index (χ4n) is 6.78. The van der Waals surface area contributed by atoms with Crippen molar-refractivity contribution in [3.63, 3.8) is 0 Å². The van der Waals surface area contributed by atoms with Crippen molar-refractivity contribution in [2.75, 3.05) is 6.54 Å². The van der Waals surface area contributed by atoms with Crippen LogP contribution in [-0.4, -0.2) is 58.1 Å². The lowest BCUT2D eigenvalue weighted by Crippen LogP contribution is -2.67. The number of aromatic nitrogens is 3. The quantitative estimate of drug-likeness (QED) is 0.232. The number of aromatic amines is 1. The summed E-state index contributed by atoms with van der Waals surface area (Å²) in [7, 11) is -2.95. The second kappa shape index (κ2) is 11.4. The summed E-state index contributed by atoms with van der Waals surface area (Å²) in [6, 6.07) is 22.7. The number of primary amides is 1. The highest BCUT2D eigenvalue weighted by atomic mass is 28.4. The molecule has 0 radical (unpaired) electrons. The molecule has 1 fully saturated rings. The Morgan fingerprint density at radius 2 is 1.59 bits per heavy atom. The molecule has 9 nitrogen and oxygen atoms in total. The molecule has 46 heavy (non-hydrogen) atoms. The fraction of sp³-hybridized carbons (Fsp3) is 0.343. The summed E-state index contributed by atoms with van der Waals surface area (Å²) in [4.78, 5) is 31.0. The smallest absolute Gasteiger partial charge is 0.410 e. The first-order valence-corrected chi connectivity index (χ1v) is 17.4. The number of carbonyl (C=O) groups is 2. The summed E-state index contributed by atoms with van der Waals surface area (Å²) >= 11 is 0. The van der Waals surface area contributed by atoms with E-state index in [1.54, 1.807) is 15.6 Å². The lowest BCUT2D eigenvalue weighted by Gasteiger charge is -2.44. The molecule has 240 valence electrons. The molecule has 3 aromatic carbocycles. The molecule has 0 aliphatic carbocycles. The molecule has 2 aromatic heterocycles. The van der Waals surface area contributed by atoms with Crippen molar-refractivity contribution in [2.45, 2.75) is 70.7 Å². The van der Waals surface area contributed by atoms with Crippen molar-refractivity contribution < 1.29 is 23.1 Å². The zero-order chi connectivity index (χ0) is 33.0. The number of hydrogen-bond donors (Lipinski definition) is 2. The van der Waals surface area contributed by atoms with E-state index in [-0.39, 0.29) is 16.7 Å². The third kappa shape index (κ3) is 5.47. The van der Waals surface area contributed by atoms with E-state index < -0.39 is 37.8 Å². The minimum atomic E-state index is -2.95. The van der Waals surface area contributed by atoms with E-state index in [4.69, 9.17) is 14.9 Å². The Morgan fingerprint density at radius 1 is 0.978 bits per heavy atom. The van der Waals surface area contributed by atoms with Gasteiger partial charge in [-0.05, 0) is 54.7 Å². The van der Waals surface area contributed by atoms with Gasteiger partial charge >= 0.3 is 6.09 Å². The SMILES string of the molecule is CC(C)(C)OC(=O)N1CC(O[Si](c2ccccc2)(c2ccccc2)C(C)(C)C)CC1c1cnn2c1[nH]c1cc(F)cc(C(N)=O)c12. The monoisotopic (exact) mass is 641 g/mol. The molecule has 2 unspecified atom stereocenters. The summed E-state index contributed by atoms with van der Waals surface area (Å²) in [6.45, 7) is 12.5. The van der Waals surface area contributed by atoms with Gasteiger partial charge in [0.05, 0.1) is 29.4 Å². The Hall–Kier alpha value is -4.48. The van der Waals surface area contributed by atoms with Crippen LogP contribution in [0.4, 0.5) is 9.18 Å². The lowest BCUT2D eigenvalue weighted by atomic mass is 10.1. The van der Waals surface area contributed by atoms with Gasteiger partial charge in [0.25, 0.3) is 14.2 Å². The molecule has 2 amide bonds. The summed E-state index contributed by atoms with van der Waals surface area (Å²) < 4.78 is 29.4. The average Bonchev–Trinajstić information content (AvgIpc) is 3.68. The maximum atomic E-state index is 14.5. The zero-order valence-electron chi connectivity index (χ0n) is 27.0. The van der Waals surface area contributed by atoms with E-state index in [0.29, 0.717) is 35.2 Å². The van der Waals surface area contributed by atoms with Crippen molar-refractivity contribution in [3.05, 3.63) is 95.9 Å². The van der Waals surface area contributed by atoms with Gasteiger partial charge in [0.1, 0.15) is 22.6 Å². The molecule has 1 aliphatic heterocycles. The van der Waals surface area contributed by atoms with Gasteiger partial charge in [-0.3, -0.25) is 9.69 Å². The number of benzene rings is 3. The lowest BCUT2D eigenvalue weighted by molar-refractivity contribution is 0.0210. The number of nitrogens with one attached hydrogen (secondary N) is 1. The molecule has 0 spiro atoms. The Morgan fingerprint density at radius 3 is 2.13 bits per heavy atom. The van der Waals surface area contributed by atoms with Gasteiger partial charge in [0, 0.05) is 12.1 Å². The number of imidazole rings is 1. The van der Waals surface area contributed by atoms with Crippen LogP contribution in [0.2, 0.25) is 5.04 Å². The molecule has 1 saturated heterocycles. The molecule has 3 N–H and O–H groups in total. The number of rotatable bonds is 6. The molecule has 5 aromatic rings. The Labute approximate surface area is 268 Å². The highest BCUT2D eigenvalue weighted by Gasteiger charge is 2.53. The van der Waals surface area contributed by atoms with E-state index in [1.807, 2.05) is 57.2 Å². The number of H-pyrrole nitrogens is 1. The zero-order valence-corrected chi connectivity index (χ0v) is 28.0. The highest BCUT2D eigenvalue weighted by molar-refractivity contribution is 6.99. The maximum Gasteiger partial charge on any atom is 0.410 e. The van der Waals surface area contributed by atoms with E-state index in [0.717, 1.165) is 16.4 Å². The van der Waals surface area contributed by atoms with Gasteiger partial charge < -0.3 is 19.9 Å². The molecule has 11 heteroatoms. The van der Waals surface area contributed by atoms with Crippen LogP contribution in [0.1, 0.15) is 69.9 Å². The van der Waals surface area contributed by atoms with Crippen molar-refractivity contribution in [2.24, 2.45) is 5.73 Å². The molecule has 0 bridgehead atoms. The third-order valence-corrected chi connectivity index (χ3v) is 13.7. The number of carbonyl (C=O) groups excluding carboxylic acids is 2. The Bertz CT molecular complexity index is 1870. The molecular formula is C35H40FN5O4Si. The van der Waals surface area contributed by atoms with Crippen molar-refractivity contribution in [3.8, 4) is 0 Å². The van der Waals surface area contributed by atoms with Crippen LogP contribution in [0.3, 0.4) is 0 Å². The van der Waals surface area contributed by atoms with E-state index in [1.165, 1.54) is 6.07 Å². The van der Waals surface area contributed by atoms with Crippen LogP contribution in [0, 0.1) is 5.82 Å². The largest absolute Gasteiger partial charge is 0.444 e. The van der Waals surface area contributed by atoms with Crippen molar-refractivity contribution in [1.29, 1.82) is 0 Å². The average molecular weight is 642 g/mol. The number of fused-ring (bicyclic) bond motifs is 3.